The summed E-state index contributed by atoms with van der Waals surface area (Å²) in [6.45, 7) is 4.21. The molecule has 0 heterocycles. The molecule has 0 amide bonds. The summed E-state index contributed by atoms with van der Waals surface area (Å²) >= 11 is 0. The Labute approximate surface area is 48.9 Å². The van der Waals surface area contributed by atoms with Gasteiger partial charge in [-0.1, -0.05) is 6.92 Å². The quantitative estimate of drug-likeness (QED) is 0.539. The molecule has 0 saturated carbocycles. The summed E-state index contributed by atoms with van der Waals surface area (Å²) in [7, 11) is 0. The third kappa shape index (κ3) is 2.05. The number of carbonyl (C=O) groups is 1. The minimum atomic E-state index is -1.63. The molecule has 0 rings (SSSR count). The lowest BCUT2D eigenvalue weighted by atomic mass is 10.0. The molecule has 0 bridgehead atoms. The molecule has 48 valence electrons. The average molecular weight is 118 g/mol. The molecular formula is C6H11FO. The van der Waals surface area contributed by atoms with E-state index in [9.17, 15) is 9.18 Å². The first-order valence-corrected chi connectivity index (χ1v) is 2.70. The number of ketones is 1. The van der Waals surface area contributed by atoms with E-state index >= 15 is 0 Å². The van der Waals surface area contributed by atoms with Gasteiger partial charge in [0.25, 0.3) is 0 Å². The highest BCUT2D eigenvalue weighted by Gasteiger charge is 2.23. The van der Waals surface area contributed by atoms with E-state index in [1.807, 2.05) is 0 Å². The first-order chi connectivity index (χ1) is 3.48. The predicted octanol–water partition coefficient (Wildman–Crippen LogP) is 1.71. The summed E-state index contributed by atoms with van der Waals surface area (Å²) in [4.78, 5) is 10.5. The molecule has 0 aliphatic heterocycles. The maximum absolute atomic E-state index is 12.4. The molecule has 0 aliphatic carbocycles. The molecule has 0 aromatic heterocycles. The van der Waals surface area contributed by atoms with Gasteiger partial charge in [0.05, 0.1) is 0 Å². The second kappa shape index (κ2) is 2.25. The topological polar surface area (TPSA) is 17.1 Å². The number of carbonyl (C=O) groups excluding carboxylic acids is 1. The van der Waals surface area contributed by atoms with Gasteiger partial charge in [-0.3, -0.25) is 4.79 Å². The van der Waals surface area contributed by atoms with Crippen LogP contribution in [0.2, 0.25) is 0 Å². The lowest BCUT2D eigenvalue weighted by molar-refractivity contribution is -0.128. The van der Waals surface area contributed by atoms with Gasteiger partial charge in [0, 0.05) is 6.42 Å². The number of rotatable bonds is 2. The van der Waals surface area contributed by atoms with Crippen LogP contribution in [0, 0.1) is 0 Å². The fourth-order valence-corrected chi connectivity index (χ4v) is 0.420. The summed E-state index contributed by atoms with van der Waals surface area (Å²) in [5.41, 5.74) is -1.63. The number of hydrogen-bond donors (Lipinski definition) is 0. The summed E-state index contributed by atoms with van der Waals surface area (Å²) in [6, 6.07) is 0. The number of Topliss-reactive ketones (excluding diaryl/α,β-unsaturated/α-hetero) is 1. The zero-order chi connectivity index (χ0) is 6.78. The van der Waals surface area contributed by atoms with Crippen molar-refractivity contribution in [1.82, 2.24) is 0 Å². The minimum absolute atomic E-state index is 0.281. The van der Waals surface area contributed by atoms with Gasteiger partial charge in [0.1, 0.15) is 0 Å². The maximum atomic E-state index is 12.4. The van der Waals surface area contributed by atoms with Crippen LogP contribution >= 0.6 is 0 Å². The molecule has 2 heteroatoms. The van der Waals surface area contributed by atoms with Gasteiger partial charge in [-0.15, -0.1) is 0 Å². The van der Waals surface area contributed by atoms with E-state index < -0.39 is 5.67 Å². The molecule has 0 radical (unpaired) electrons. The van der Waals surface area contributed by atoms with E-state index in [1.165, 1.54) is 13.8 Å². The van der Waals surface area contributed by atoms with Crippen LogP contribution in [-0.4, -0.2) is 11.5 Å². The Morgan fingerprint density at radius 2 is 2.00 bits per heavy atom. The van der Waals surface area contributed by atoms with Crippen LogP contribution in [0.1, 0.15) is 27.2 Å². The van der Waals surface area contributed by atoms with Crippen LogP contribution in [-0.2, 0) is 4.79 Å². The van der Waals surface area contributed by atoms with Crippen LogP contribution in [0.3, 0.4) is 0 Å². The molecule has 0 aliphatic rings. The first kappa shape index (κ1) is 7.60. The molecule has 0 atom stereocenters. The largest absolute Gasteiger partial charge is 0.296 e. The Morgan fingerprint density at radius 3 is 2.00 bits per heavy atom. The fourth-order valence-electron chi connectivity index (χ4n) is 0.420. The van der Waals surface area contributed by atoms with Crippen molar-refractivity contribution in [1.29, 1.82) is 0 Å². The van der Waals surface area contributed by atoms with Crippen molar-refractivity contribution < 1.29 is 9.18 Å². The van der Waals surface area contributed by atoms with Crippen molar-refractivity contribution in [3.63, 3.8) is 0 Å². The average Bonchev–Trinajstić information content (AvgIpc) is 1.62. The number of halogens is 1. The lowest BCUT2D eigenvalue weighted by Crippen LogP contribution is -2.24. The van der Waals surface area contributed by atoms with E-state index in [0.29, 0.717) is 0 Å². The molecule has 1 nitrogen and oxygen atoms in total. The standard InChI is InChI=1S/C6H11FO/c1-4-5(8)6(2,3)7/h4H2,1-3H3. The summed E-state index contributed by atoms with van der Waals surface area (Å²) in [5, 5.41) is 0. The Morgan fingerprint density at radius 1 is 1.62 bits per heavy atom. The van der Waals surface area contributed by atoms with Crippen molar-refractivity contribution in [2.24, 2.45) is 0 Å². The highest BCUT2D eigenvalue weighted by molar-refractivity contribution is 5.85. The van der Waals surface area contributed by atoms with Crippen molar-refractivity contribution in [2.75, 3.05) is 0 Å². The van der Waals surface area contributed by atoms with Gasteiger partial charge in [-0.25, -0.2) is 4.39 Å². The summed E-state index contributed by atoms with van der Waals surface area (Å²) in [5.74, 6) is -0.336. The Balaban J connectivity index is 3.82. The monoisotopic (exact) mass is 118 g/mol. The highest BCUT2D eigenvalue weighted by Crippen LogP contribution is 2.10. The number of alkyl halides is 1. The minimum Gasteiger partial charge on any atom is -0.296 e. The molecule has 0 aromatic carbocycles. The molecular weight excluding hydrogens is 107 g/mol. The number of hydrogen-bond acceptors (Lipinski definition) is 1. The zero-order valence-electron chi connectivity index (χ0n) is 5.49. The Bertz CT molecular complexity index is 91.2. The van der Waals surface area contributed by atoms with E-state index in [2.05, 4.69) is 0 Å². The molecule has 0 saturated heterocycles. The lowest BCUT2D eigenvalue weighted by Gasteiger charge is -2.09. The van der Waals surface area contributed by atoms with E-state index in [0.717, 1.165) is 0 Å². The van der Waals surface area contributed by atoms with Crippen molar-refractivity contribution in [3.05, 3.63) is 0 Å². The molecule has 0 spiro atoms. The molecule has 8 heavy (non-hydrogen) atoms. The van der Waals surface area contributed by atoms with Gasteiger partial charge in [0.2, 0.25) is 0 Å². The first-order valence-electron chi connectivity index (χ1n) is 2.70. The van der Waals surface area contributed by atoms with Gasteiger partial charge in [-0.05, 0) is 13.8 Å². The molecule has 0 aromatic rings. The van der Waals surface area contributed by atoms with E-state index in [-0.39, 0.29) is 12.2 Å². The molecule has 0 fully saturated rings. The third-order valence-electron chi connectivity index (χ3n) is 0.984. The summed E-state index contributed by atoms with van der Waals surface area (Å²) in [6.07, 6.45) is 0.281. The van der Waals surface area contributed by atoms with Crippen LogP contribution < -0.4 is 0 Å². The van der Waals surface area contributed by atoms with E-state index in [1.54, 1.807) is 6.92 Å². The van der Waals surface area contributed by atoms with Crippen LogP contribution in [0.5, 0.6) is 0 Å². The van der Waals surface area contributed by atoms with Crippen LogP contribution in [0.15, 0.2) is 0 Å². The van der Waals surface area contributed by atoms with Gasteiger partial charge in [-0.2, -0.15) is 0 Å². The van der Waals surface area contributed by atoms with Crippen LogP contribution in [0.25, 0.3) is 0 Å². The predicted molar refractivity (Wildman–Crippen MR) is 30.5 cm³/mol. The maximum Gasteiger partial charge on any atom is 0.169 e. The molecule has 0 N–H and O–H groups in total. The molecule has 0 unspecified atom stereocenters. The van der Waals surface area contributed by atoms with Gasteiger partial charge >= 0.3 is 0 Å². The smallest absolute Gasteiger partial charge is 0.169 e. The van der Waals surface area contributed by atoms with Crippen molar-refractivity contribution in [2.45, 2.75) is 32.9 Å². The second-order valence-electron chi connectivity index (χ2n) is 2.25. The third-order valence-corrected chi connectivity index (χ3v) is 0.984. The zero-order valence-corrected chi connectivity index (χ0v) is 5.49. The van der Waals surface area contributed by atoms with E-state index in [4.69, 9.17) is 0 Å². The normalized spacial score (nSPS) is 11.5. The van der Waals surface area contributed by atoms with Gasteiger partial charge in [0.15, 0.2) is 11.5 Å². The van der Waals surface area contributed by atoms with Crippen molar-refractivity contribution >= 4 is 5.78 Å². The fraction of sp³-hybridized carbons (Fsp3) is 0.833. The summed E-state index contributed by atoms with van der Waals surface area (Å²) < 4.78 is 12.4. The van der Waals surface area contributed by atoms with Gasteiger partial charge < -0.3 is 0 Å². The Hall–Kier alpha value is -0.400. The second-order valence-corrected chi connectivity index (χ2v) is 2.25. The SMILES string of the molecule is CCC(=O)C(C)(C)F. The van der Waals surface area contributed by atoms with Crippen molar-refractivity contribution in [3.8, 4) is 0 Å². The Kier molecular flexibility index (Phi) is 2.13. The van der Waals surface area contributed by atoms with Crippen LogP contribution in [0.4, 0.5) is 4.39 Å². The highest BCUT2D eigenvalue weighted by atomic mass is 19.1.